The molecule has 16 heavy (non-hydrogen) atoms. The lowest BCUT2D eigenvalue weighted by atomic mass is 9.98. The van der Waals surface area contributed by atoms with Crippen LogP contribution in [-0.4, -0.2) is 17.6 Å². The lowest BCUT2D eigenvalue weighted by molar-refractivity contribution is -0.141. The Morgan fingerprint density at radius 1 is 1.44 bits per heavy atom. The molecule has 0 saturated heterocycles. The molecule has 0 saturated carbocycles. The van der Waals surface area contributed by atoms with Crippen LogP contribution in [0.25, 0.3) is 0 Å². The fourth-order valence-electron chi connectivity index (χ4n) is 1.41. The first-order chi connectivity index (χ1) is 7.54. The molecule has 0 aliphatic heterocycles. The Balaban J connectivity index is 2.80. The summed E-state index contributed by atoms with van der Waals surface area (Å²) in [6.07, 6.45) is -2.37. The molecule has 1 aromatic rings. The zero-order chi connectivity index (χ0) is 12.1. The maximum absolute atomic E-state index is 12.4. The topological polar surface area (TPSA) is 63.3 Å². The highest BCUT2D eigenvalue weighted by Gasteiger charge is 2.16. The van der Waals surface area contributed by atoms with E-state index < -0.39 is 18.3 Å². The number of carboxylic acids is 1. The van der Waals surface area contributed by atoms with Crippen LogP contribution in [0.1, 0.15) is 17.6 Å². The van der Waals surface area contributed by atoms with Gasteiger partial charge >= 0.3 is 5.97 Å². The van der Waals surface area contributed by atoms with Crippen LogP contribution in [0.4, 0.5) is 8.78 Å². The highest BCUT2D eigenvalue weighted by Crippen LogP contribution is 2.20. The summed E-state index contributed by atoms with van der Waals surface area (Å²) >= 11 is 0. The highest BCUT2D eigenvalue weighted by atomic mass is 19.3. The largest absolute Gasteiger partial charge is 0.481 e. The van der Waals surface area contributed by atoms with Gasteiger partial charge in [0.05, 0.1) is 5.92 Å². The molecule has 0 fully saturated rings. The molecule has 0 heterocycles. The number of halogens is 2. The summed E-state index contributed by atoms with van der Waals surface area (Å²) < 4.78 is 24.8. The summed E-state index contributed by atoms with van der Waals surface area (Å²) in [5.41, 5.74) is 5.76. The second-order valence-electron chi connectivity index (χ2n) is 3.52. The molecule has 3 N–H and O–H groups in total. The molecule has 1 atom stereocenters. The van der Waals surface area contributed by atoms with Crippen molar-refractivity contribution < 1.29 is 18.7 Å². The van der Waals surface area contributed by atoms with Crippen LogP contribution in [-0.2, 0) is 11.2 Å². The van der Waals surface area contributed by atoms with Crippen molar-refractivity contribution in [3.63, 3.8) is 0 Å². The lowest BCUT2D eigenvalue weighted by Gasteiger charge is -2.10. The van der Waals surface area contributed by atoms with Gasteiger partial charge in [0, 0.05) is 12.1 Å². The molecule has 1 rings (SSSR count). The zero-order valence-electron chi connectivity index (χ0n) is 8.57. The standard InChI is InChI=1S/C11H13F2NO2/c12-10(13)8-3-1-2-7(4-8)5-9(6-14)11(15)16/h1-4,9-10H,5-6,14H2,(H,15,16). The summed E-state index contributed by atoms with van der Waals surface area (Å²) in [6, 6.07) is 5.74. The van der Waals surface area contributed by atoms with Gasteiger partial charge in [-0.3, -0.25) is 4.79 Å². The second-order valence-corrected chi connectivity index (χ2v) is 3.52. The molecule has 5 heteroatoms. The van der Waals surface area contributed by atoms with E-state index in [0.29, 0.717) is 5.56 Å². The number of hydrogen-bond donors (Lipinski definition) is 2. The molecule has 1 unspecified atom stereocenters. The highest BCUT2D eigenvalue weighted by molar-refractivity contribution is 5.70. The van der Waals surface area contributed by atoms with Gasteiger partial charge in [0.1, 0.15) is 0 Å². The van der Waals surface area contributed by atoms with Crippen LogP contribution >= 0.6 is 0 Å². The van der Waals surface area contributed by atoms with Crippen molar-refractivity contribution in [2.75, 3.05) is 6.54 Å². The minimum atomic E-state index is -2.54. The van der Waals surface area contributed by atoms with Crippen LogP contribution < -0.4 is 5.73 Å². The smallest absolute Gasteiger partial charge is 0.308 e. The number of hydrogen-bond acceptors (Lipinski definition) is 2. The van der Waals surface area contributed by atoms with Crippen molar-refractivity contribution >= 4 is 5.97 Å². The van der Waals surface area contributed by atoms with Crippen molar-refractivity contribution in [1.82, 2.24) is 0 Å². The first kappa shape index (κ1) is 12.6. The molecule has 1 aromatic carbocycles. The van der Waals surface area contributed by atoms with Gasteiger partial charge in [-0.2, -0.15) is 0 Å². The van der Waals surface area contributed by atoms with Crippen LogP contribution in [0.2, 0.25) is 0 Å². The van der Waals surface area contributed by atoms with Gasteiger partial charge in [0.25, 0.3) is 6.43 Å². The number of carboxylic acid groups (broad SMARTS) is 1. The third kappa shape index (κ3) is 3.27. The Labute approximate surface area is 91.9 Å². The molecule has 3 nitrogen and oxygen atoms in total. The predicted molar refractivity (Wildman–Crippen MR) is 55.3 cm³/mol. The fraction of sp³-hybridized carbons (Fsp3) is 0.364. The Hall–Kier alpha value is -1.49. The Morgan fingerprint density at radius 2 is 2.12 bits per heavy atom. The third-order valence-electron chi connectivity index (χ3n) is 2.32. The van der Waals surface area contributed by atoms with Gasteiger partial charge < -0.3 is 10.8 Å². The maximum Gasteiger partial charge on any atom is 0.308 e. The number of alkyl halides is 2. The zero-order valence-corrected chi connectivity index (χ0v) is 8.57. The summed E-state index contributed by atoms with van der Waals surface area (Å²) in [6.45, 7) is -0.00571. The third-order valence-corrected chi connectivity index (χ3v) is 2.32. The summed E-state index contributed by atoms with van der Waals surface area (Å²) in [7, 11) is 0. The summed E-state index contributed by atoms with van der Waals surface area (Å²) in [5.74, 6) is -1.74. The van der Waals surface area contributed by atoms with Crippen molar-refractivity contribution in [3.8, 4) is 0 Å². The summed E-state index contributed by atoms with van der Waals surface area (Å²) in [4.78, 5) is 10.7. The number of carbonyl (C=O) groups is 1. The Bertz CT molecular complexity index is 369. The van der Waals surface area contributed by atoms with E-state index in [1.54, 1.807) is 6.07 Å². The van der Waals surface area contributed by atoms with Gasteiger partial charge in [-0.25, -0.2) is 8.78 Å². The first-order valence-electron chi connectivity index (χ1n) is 4.84. The van der Waals surface area contributed by atoms with Crippen LogP contribution in [0.3, 0.4) is 0 Å². The van der Waals surface area contributed by atoms with E-state index in [1.165, 1.54) is 18.2 Å². The monoisotopic (exact) mass is 229 g/mol. The normalized spacial score (nSPS) is 12.8. The molecule has 88 valence electrons. The van der Waals surface area contributed by atoms with E-state index in [9.17, 15) is 13.6 Å². The molecular weight excluding hydrogens is 216 g/mol. The Morgan fingerprint density at radius 3 is 2.62 bits per heavy atom. The fourth-order valence-corrected chi connectivity index (χ4v) is 1.41. The molecule has 0 bridgehead atoms. The van der Waals surface area contributed by atoms with Gasteiger partial charge in [-0.15, -0.1) is 0 Å². The number of aliphatic carboxylic acids is 1. The maximum atomic E-state index is 12.4. The number of nitrogens with two attached hydrogens (primary N) is 1. The lowest BCUT2D eigenvalue weighted by Crippen LogP contribution is -2.25. The molecule has 0 aromatic heterocycles. The van der Waals surface area contributed by atoms with E-state index in [-0.39, 0.29) is 18.5 Å². The molecule has 0 radical (unpaired) electrons. The average molecular weight is 229 g/mol. The molecule has 0 spiro atoms. The Kier molecular flexibility index (Phi) is 4.37. The van der Waals surface area contributed by atoms with E-state index in [4.69, 9.17) is 10.8 Å². The summed E-state index contributed by atoms with van der Waals surface area (Å²) in [5, 5.41) is 8.78. The van der Waals surface area contributed by atoms with Crippen LogP contribution in [0.5, 0.6) is 0 Å². The van der Waals surface area contributed by atoms with E-state index >= 15 is 0 Å². The minimum absolute atomic E-state index is 0.00571. The van der Waals surface area contributed by atoms with Gasteiger partial charge in [0.15, 0.2) is 0 Å². The second kappa shape index (κ2) is 5.55. The predicted octanol–water partition coefficient (Wildman–Crippen LogP) is 1.83. The van der Waals surface area contributed by atoms with Crippen LogP contribution in [0, 0.1) is 5.92 Å². The molecule has 0 aliphatic carbocycles. The van der Waals surface area contributed by atoms with E-state index in [2.05, 4.69) is 0 Å². The minimum Gasteiger partial charge on any atom is -0.481 e. The first-order valence-corrected chi connectivity index (χ1v) is 4.84. The molecule has 0 aliphatic rings. The van der Waals surface area contributed by atoms with E-state index in [1.807, 2.05) is 0 Å². The number of rotatable bonds is 5. The van der Waals surface area contributed by atoms with Crippen molar-refractivity contribution in [3.05, 3.63) is 35.4 Å². The van der Waals surface area contributed by atoms with Gasteiger partial charge in [-0.1, -0.05) is 24.3 Å². The molecule has 0 amide bonds. The van der Waals surface area contributed by atoms with Gasteiger partial charge in [0.2, 0.25) is 0 Å². The average Bonchev–Trinajstić information content (AvgIpc) is 2.25. The quantitative estimate of drug-likeness (QED) is 0.809. The molecular formula is C11H13F2NO2. The van der Waals surface area contributed by atoms with Crippen molar-refractivity contribution in [2.24, 2.45) is 11.7 Å². The van der Waals surface area contributed by atoms with Crippen LogP contribution in [0.15, 0.2) is 24.3 Å². The number of benzene rings is 1. The SMILES string of the molecule is NCC(Cc1cccc(C(F)F)c1)C(=O)O. The van der Waals surface area contributed by atoms with Crippen molar-refractivity contribution in [1.29, 1.82) is 0 Å². The van der Waals surface area contributed by atoms with Gasteiger partial charge in [-0.05, 0) is 12.0 Å². The van der Waals surface area contributed by atoms with Crippen molar-refractivity contribution in [2.45, 2.75) is 12.8 Å². The van der Waals surface area contributed by atoms with E-state index in [0.717, 1.165) is 0 Å².